The monoisotopic (exact) mass is 576 g/mol. The van der Waals surface area contributed by atoms with Gasteiger partial charge in [0.1, 0.15) is 5.82 Å². The van der Waals surface area contributed by atoms with E-state index in [1.807, 2.05) is 33.7 Å². The van der Waals surface area contributed by atoms with Crippen LogP contribution in [0.5, 0.6) is 0 Å². The second-order valence-corrected chi connectivity index (χ2v) is 12.0. The van der Waals surface area contributed by atoms with Gasteiger partial charge in [-0.05, 0) is 74.9 Å². The lowest BCUT2D eigenvalue weighted by atomic mass is 9.83. The molecule has 3 aliphatic heterocycles. The molecule has 2 fully saturated rings. The number of rotatable bonds is 5. The Morgan fingerprint density at radius 2 is 1.88 bits per heavy atom. The van der Waals surface area contributed by atoms with Gasteiger partial charge in [0.05, 0.1) is 17.8 Å². The van der Waals surface area contributed by atoms with E-state index in [0.29, 0.717) is 30.9 Å². The van der Waals surface area contributed by atoms with E-state index in [9.17, 15) is 18.8 Å². The molecule has 0 spiro atoms. The summed E-state index contributed by atoms with van der Waals surface area (Å²) in [5.74, 6) is -0.553. The molecule has 2 saturated heterocycles. The molecule has 41 heavy (non-hydrogen) atoms. The van der Waals surface area contributed by atoms with Crippen LogP contribution in [0.1, 0.15) is 60.1 Å². The molecular weight excluding hydrogens is 543 g/mol. The maximum absolute atomic E-state index is 14.5. The molecule has 3 unspecified atom stereocenters. The summed E-state index contributed by atoms with van der Waals surface area (Å²) in [6.45, 7) is 4.83. The van der Waals surface area contributed by atoms with Crippen LogP contribution in [0, 0.1) is 11.7 Å². The molecule has 2 amide bonds. The Kier molecular flexibility index (Phi) is 7.60. The summed E-state index contributed by atoms with van der Waals surface area (Å²) >= 11 is 6.20. The van der Waals surface area contributed by atoms with Gasteiger partial charge in [0, 0.05) is 66.0 Å². The summed E-state index contributed by atoms with van der Waals surface area (Å²) in [7, 11) is 0. The van der Waals surface area contributed by atoms with Gasteiger partial charge in [-0.1, -0.05) is 23.7 Å². The second kappa shape index (κ2) is 11.3. The van der Waals surface area contributed by atoms with Gasteiger partial charge in [-0.25, -0.2) is 4.39 Å². The predicted molar refractivity (Wildman–Crippen MR) is 158 cm³/mol. The number of pyridine rings is 1. The molecule has 1 aromatic heterocycles. The molecule has 2 aromatic carbocycles. The zero-order valence-electron chi connectivity index (χ0n) is 23.1. The first kappa shape index (κ1) is 27.5. The van der Waals surface area contributed by atoms with Crippen LogP contribution in [-0.2, 0) is 17.8 Å². The molecule has 1 N–H and O–H groups in total. The van der Waals surface area contributed by atoms with E-state index in [1.54, 1.807) is 18.2 Å². The number of nitrogens with zero attached hydrogens (tertiary/aromatic N) is 3. The highest BCUT2D eigenvalue weighted by Crippen LogP contribution is 2.39. The molecule has 3 aromatic rings. The van der Waals surface area contributed by atoms with Gasteiger partial charge in [0.15, 0.2) is 0 Å². The van der Waals surface area contributed by atoms with Gasteiger partial charge in [0.2, 0.25) is 5.91 Å². The van der Waals surface area contributed by atoms with Gasteiger partial charge in [-0.2, -0.15) is 0 Å². The molecule has 7 nitrogen and oxygen atoms in total. The fourth-order valence-electron chi connectivity index (χ4n) is 6.76. The summed E-state index contributed by atoms with van der Waals surface area (Å²) in [6.07, 6.45) is 3.82. The molecule has 3 aliphatic rings. The minimum atomic E-state index is -0.534. The van der Waals surface area contributed by atoms with E-state index >= 15 is 0 Å². The lowest BCUT2D eigenvalue weighted by Gasteiger charge is -2.44. The standard InChI is InChI=1S/C32H34ClFN4O3/c1-20-6-2-3-13-37(20)32(41)22-11-12-29(27(15-22)35-30(39)16-24-25(33)7-4-8-26(24)34)36-17-21-14-23(19-36)28-9-5-10-31(40)38(28)18-21/h4-5,7-12,15,20-21,23H,2-3,6,13-14,16-19H2,1H3,(H,35,39). The first-order valence-corrected chi connectivity index (χ1v) is 14.8. The molecule has 0 radical (unpaired) electrons. The number of aromatic nitrogens is 1. The number of fused-ring (bicyclic) bond motifs is 4. The van der Waals surface area contributed by atoms with Gasteiger partial charge in [-0.15, -0.1) is 0 Å². The molecule has 0 saturated carbocycles. The van der Waals surface area contributed by atoms with Gasteiger partial charge >= 0.3 is 0 Å². The van der Waals surface area contributed by atoms with Crippen molar-refractivity contribution in [3.63, 3.8) is 0 Å². The van der Waals surface area contributed by atoms with Gasteiger partial charge < -0.3 is 19.7 Å². The summed E-state index contributed by atoms with van der Waals surface area (Å²) in [6, 6.07) is 15.5. The Balaban J connectivity index is 1.32. The van der Waals surface area contributed by atoms with Crippen molar-refractivity contribution in [1.82, 2.24) is 9.47 Å². The first-order chi connectivity index (χ1) is 19.8. The SMILES string of the molecule is CC1CCCCN1C(=O)c1ccc(N2CC3CC(C2)c2cccc(=O)n2C3)c(NC(=O)Cc2c(F)cccc2Cl)c1. The van der Waals surface area contributed by atoms with Crippen LogP contribution in [0.2, 0.25) is 5.02 Å². The second-order valence-electron chi connectivity index (χ2n) is 11.6. The molecule has 214 valence electrons. The largest absolute Gasteiger partial charge is 0.369 e. The van der Waals surface area contributed by atoms with E-state index in [1.165, 1.54) is 12.1 Å². The van der Waals surface area contributed by atoms with Crippen molar-refractivity contribution in [1.29, 1.82) is 0 Å². The molecule has 2 bridgehead atoms. The quantitative estimate of drug-likeness (QED) is 0.438. The number of nitrogens with one attached hydrogen (secondary N) is 1. The third kappa shape index (κ3) is 5.49. The van der Waals surface area contributed by atoms with Crippen LogP contribution >= 0.6 is 11.6 Å². The molecule has 6 rings (SSSR count). The highest BCUT2D eigenvalue weighted by Gasteiger charge is 2.35. The molecule has 0 aliphatic carbocycles. The molecule has 9 heteroatoms. The van der Waals surface area contributed by atoms with Gasteiger partial charge in [-0.3, -0.25) is 14.4 Å². The Bertz CT molecular complexity index is 1540. The minimum absolute atomic E-state index is 0.0280. The van der Waals surface area contributed by atoms with Gasteiger partial charge in [0.25, 0.3) is 11.5 Å². The predicted octanol–water partition coefficient (Wildman–Crippen LogP) is 5.46. The third-order valence-corrected chi connectivity index (χ3v) is 9.15. The summed E-state index contributed by atoms with van der Waals surface area (Å²) in [4.78, 5) is 43.5. The topological polar surface area (TPSA) is 74.7 Å². The zero-order valence-corrected chi connectivity index (χ0v) is 23.9. The Morgan fingerprint density at radius 1 is 1.05 bits per heavy atom. The van der Waals surface area contributed by atoms with Crippen molar-refractivity contribution in [2.24, 2.45) is 5.92 Å². The number of halogens is 2. The highest BCUT2D eigenvalue weighted by atomic mass is 35.5. The average Bonchev–Trinajstić information content (AvgIpc) is 2.95. The smallest absolute Gasteiger partial charge is 0.254 e. The lowest BCUT2D eigenvalue weighted by molar-refractivity contribution is -0.115. The van der Waals surface area contributed by atoms with Crippen molar-refractivity contribution < 1.29 is 14.0 Å². The lowest BCUT2D eigenvalue weighted by Crippen LogP contribution is -2.47. The van der Waals surface area contributed by atoms with E-state index in [2.05, 4.69) is 17.1 Å². The third-order valence-electron chi connectivity index (χ3n) is 8.80. The first-order valence-electron chi connectivity index (χ1n) is 14.4. The number of benzene rings is 2. The zero-order chi connectivity index (χ0) is 28.7. The van der Waals surface area contributed by atoms with E-state index in [0.717, 1.165) is 43.6 Å². The molecule has 4 heterocycles. The van der Waals surface area contributed by atoms with Crippen molar-refractivity contribution in [2.75, 3.05) is 29.9 Å². The summed E-state index contributed by atoms with van der Waals surface area (Å²) in [5.41, 5.74) is 3.03. The fraction of sp³-hybridized carbons (Fsp3) is 0.406. The van der Waals surface area contributed by atoms with E-state index in [4.69, 9.17) is 11.6 Å². The number of carbonyl (C=O) groups is 2. The van der Waals surface area contributed by atoms with Crippen LogP contribution in [-0.4, -0.2) is 47.0 Å². The minimum Gasteiger partial charge on any atom is -0.369 e. The van der Waals surface area contributed by atoms with Crippen LogP contribution in [0.3, 0.4) is 0 Å². The number of hydrogen-bond acceptors (Lipinski definition) is 4. The fourth-order valence-corrected chi connectivity index (χ4v) is 6.99. The Morgan fingerprint density at radius 3 is 2.68 bits per heavy atom. The Hall–Kier alpha value is -3.65. The van der Waals surface area contributed by atoms with Crippen molar-refractivity contribution in [2.45, 2.75) is 57.5 Å². The van der Waals surface area contributed by atoms with Crippen molar-refractivity contribution in [3.8, 4) is 0 Å². The maximum atomic E-state index is 14.5. The molecule has 3 atom stereocenters. The van der Waals surface area contributed by atoms with E-state index < -0.39 is 11.7 Å². The number of anilines is 2. The van der Waals surface area contributed by atoms with Crippen LogP contribution < -0.4 is 15.8 Å². The van der Waals surface area contributed by atoms with E-state index in [-0.39, 0.29) is 46.4 Å². The highest BCUT2D eigenvalue weighted by molar-refractivity contribution is 6.31. The summed E-state index contributed by atoms with van der Waals surface area (Å²) < 4.78 is 16.4. The Labute approximate surface area is 243 Å². The maximum Gasteiger partial charge on any atom is 0.254 e. The summed E-state index contributed by atoms with van der Waals surface area (Å²) in [5, 5.41) is 3.18. The van der Waals surface area contributed by atoms with Crippen LogP contribution in [0.4, 0.5) is 15.8 Å². The van der Waals surface area contributed by atoms with Crippen LogP contribution in [0.15, 0.2) is 59.4 Å². The number of likely N-dealkylation sites (tertiary alicyclic amines) is 1. The van der Waals surface area contributed by atoms with Crippen molar-refractivity contribution >= 4 is 34.8 Å². The average molecular weight is 577 g/mol. The van der Waals surface area contributed by atoms with Crippen molar-refractivity contribution in [3.05, 3.63) is 92.6 Å². The molecular formula is C32H34ClFN4O3. The van der Waals surface area contributed by atoms with Crippen LogP contribution in [0.25, 0.3) is 0 Å². The normalized spacial score (nSPS) is 21.8. The number of hydrogen-bond donors (Lipinski definition) is 1. The number of amides is 2. The number of carbonyl (C=O) groups excluding carboxylic acids is 2. The number of piperidine rings is 2.